The van der Waals surface area contributed by atoms with Crippen molar-refractivity contribution in [2.24, 2.45) is 0 Å². The van der Waals surface area contributed by atoms with Crippen LogP contribution in [0.15, 0.2) is 0 Å². The summed E-state index contributed by atoms with van der Waals surface area (Å²) < 4.78 is 27.2. The minimum atomic E-state index is -1.81. The SMILES string of the molecule is COCC(=O)OC(OC(=O)COC)OC(=O)COC. The molecule has 0 rings (SSSR count). The van der Waals surface area contributed by atoms with Crippen molar-refractivity contribution >= 4 is 17.9 Å². The van der Waals surface area contributed by atoms with Gasteiger partial charge in [-0.3, -0.25) is 0 Å². The summed E-state index contributed by atoms with van der Waals surface area (Å²) in [6, 6.07) is 0. The van der Waals surface area contributed by atoms with E-state index in [-0.39, 0.29) is 19.8 Å². The van der Waals surface area contributed by atoms with Gasteiger partial charge in [0.15, 0.2) is 0 Å². The Morgan fingerprint density at radius 1 is 0.684 bits per heavy atom. The van der Waals surface area contributed by atoms with Gasteiger partial charge in [-0.2, -0.15) is 0 Å². The second-order valence-corrected chi connectivity index (χ2v) is 3.06. The van der Waals surface area contributed by atoms with Gasteiger partial charge in [-0.25, -0.2) is 14.4 Å². The summed E-state index contributed by atoms with van der Waals surface area (Å²) in [6.45, 7) is -2.98. The van der Waals surface area contributed by atoms with Crippen LogP contribution in [0.2, 0.25) is 0 Å². The molecule has 0 heterocycles. The van der Waals surface area contributed by atoms with Crippen molar-refractivity contribution in [3.8, 4) is 0 Å². The standard InChI is InChI=1S/C10H16O9/c1-14-4-7(11)17-10(18-8(12)5-15-2)19-9(13)6-16-3/h10H,4-6H2,1-3H3. The Balaban J connectivity index is 4.40. The summed E-state index contributed by atoms with van der Waals surface area (Å²) in [5, 5.41) is 0. The summed E-state index contributed by atoms with van der Waals surface area (Å²) in [5.41, 5.74) is 0. The highest BCUT2D eigenvalue weighted by molar-refractivity contribution is 5.74. The molecule has 0 unspecified atom stereocenters. The van der Waals surface area contributed by atoms with E-state index in [1.807, 2.05) is 0 Å². The maximum atomic E-state index is 11.1. The zero-order valence-corrected chi connectivity index (χ0v) is 10.9. The molecule has 0 N–H and O–H groups in total. The molecule has 0 radical (unpaired) electrons. The van der Waals surface area contributed by atoms with Crippen LogP contribution in [0.25, 0.3) is 0 Å². The highest BCUT2D eigenvalue weighted by Gasteiger charge is 2.23. The van der Waals surface area contributed by atoms with Crippen molar-refractivity contribution in [1.29, 1.82) is 0 Å². The first-order valence-electron chi connectivity index (χ1n) is 5.08. The van der Waals surface area contributed by atoms with Crippen LogP contribution in [-0.2, 0) is 42.8 Å². The summed E-state index contributed by atoms with van der Waals surface area (Å²) in [7, 11) is 3.80. The largest absolute Gasteiger partial charge is 0.413 e. The molecule has 0 saturated carbocycles. The molecule has 9 heteroatoms. The molecule has 0 aromatic heterocycles. The zero-order chi connectivity index (χ0) is 14.7. The molecule has 0 atom stereocenters. The van der Waals surface area contributed by atoms with Crippen LogP contribution in [0, 0.1) is 0 Å². The molecule has 0 aliphatic heterocycles. The molecule has 0 amide bonds. The first-order chi connectivity index (χ1) is 9.03. The van der Waals surface area contributed by atoms with Crippen molar-refractivity contribution in [3.63, 3.8) is 0 Å². The lowest BCUT2D eigenvalue weighted by Crippen LogP contribution is -2.33. The average Bonchev–Trinajstić information content (AvgIpc) is 2.29. The first kappa shape index (κ1) is 17.3. The molecule has 0 aliphatic carbocycles. The number of hydrogen-bond acceptors (Lipinski definition) is 9. The topological polar surface area (TPSA) is 107 Å². The van der Waals surface area contributed by atoms with Crippen LogP contribution in [0.1, 0.15) is 0 Å². The maximum absolute atomic E-state index is 11.1. The quantitative estimate of drug-likeness (QED) is 0.381. The Morgan fingerprint density at radius 3 is 1.16 bits per heavy atom. The molecule has 0 aliphatic rings. The molecule has 0 spiro atoms. The van der Waals surface area contributed by atoms with Gasteiger partial charge in [0.05, 0.1) is 0 Å². The van der Waals surface area contributed by atoms with Crippen LogP contribution in [0.3, 0.4) is 0 Å². The van der Waals surface area contributed by atoms with Crippen LogP contribution >= 0.6 is 0 Å². The monoisotopic (exact) mass is 280 g/mol. The second-order valence-electron chi connectivity index (χ2n) is 3.06. The molecule has 0 fully saturated rings. The van der Waals surface area contributed by atoms with Gasteiger partial charge in [0.2, 0.25) is 0 Å². The lowest BCUT2D eigenvalue weighted by Gasteiger charge is -2.17. The van der Waals surface area contributed by atoms with Gasteiger partial charge >= 0.3 is 24.4 Å². The molecular weight excluding hydrogens is 264 g/mol. The van der Waals surface area contributed by atoms with E-state index in [0.29, 0.717) is 0 Å². The predicted octanol–water partition coefficient (Wildman–Crippen LogP) is -1.16. The summed E-state index contributed by atoms with van der Waals surface area (Å²) in [4.78, 5) is 33.4. The Labute approximate surface area is 109 Å². The minimum absolute atomic E-state index is 0.389. The number of methoxy groups -OCH3 is 3. The lowest BCUT2D eigenvalue weighted by molar-refractivity contribution is -0.261. The summed E-state index contributed by atoms with van der Waals surface area (Å²) >= 11 is 0. The van der Waals surface area contributed by atoms with Crippen molar-refractivity contribution in [3.05, 3.63) is 0 Å². The van der Waals surface area contributed by atoms with Gasteiger partial charge in [-0.15, -0.1) is 0 Å². The van der Waals surface area contributed by atoms with Crippen LogP contribution in [0.4, 0.5) is 0 Å². The molecule has 0 aromatic carbocycles. The Morgan fingerprint density at radius 2 is 0.947 bits per heavy atom. The van der Waals surface area contributed by atoms with E-state index in [9.17, 15) is 14.4 Å². The number of rotatable bonds is 9. The number of hydrogen-bond donors (Lipinski definition) is 0. The zero-order valence-electron chi connectivity index (χ0n) is 10.9. The molecule has 0 aromatic rings. The van der Waals surface area contributed by atoms with Gasteiger partial charge < -0.3 is 28.4 Å². The van der Waals surface area contributed by atoms with E-state index in [4.69, 9.17) is 0 Å². The summed E-state index contributed by atoms with van der Waals surface area (Å²) in [6.07, 6.45) is 0. The van der Waals surface area contributed by atoms with Gasteiger partial charge in [-0.05, 0) is 0 Å². The fourth-order valence-electron chi connectivity index (χ4n) is 0.850. The summed E-state index contributed by atoms with van der Waals surface area (Å²) in [5.74, 6) is -2.62. The first-order valence-corrected chi connectivity index (χ1v) is 5.08. The Kier molecular flexibility index (Phi) is 9.31. The van der Waals surface area contributed by atoms with Crippen LogP contribution in [0.5, 0.6) is 0 Å². The number of carbonyl (C=O) groups excluding carboxylic acids is 3. The average molecular weight is 280 g/mol. The fourth-order valence-corrected chi connectivity index (χ4v) is 0.850. The van der Waals surface area contributed by atoms with Crippen molar-refractivity contribution < 1.29 is 42.8 Å². The number of esters is 3. The van der Waals surface area contributed by atoms with Gasteiger partial charge in [0, 0.05) is 21.3 Å². The molecule has 0 saturated heterocycles. The molecule has 110 valence electrons. The van der Waals surface area contributed by atoms with E-state index in [1.54, 1.807) is 0 Å². The van der Waals surface area contributed by atoms with E-state index < -0.39 is 24.4 Å². The third-order valence-corrected chi connectivity index (χ3v) is 1.47. The normalized spacial score (nSPS) is 10.1. The lowest BCUT2D eigenvalue weighted by atomic mass is 10.7. The number of carbonyl (C=O) groups is 3. The highest BCUT2D eigenvalue weighted by Crippen LogP contribution is 2.01. The van der Waals surface area contributed by atoms with Crippen molar-refractivity contribution in [2.75, 3.05) is 41.2 Å². The van der Waals surface area contributed by atoms with Crippen LogP contribution < -0.4 is 0 Å². The fraction of sp³-hybridized carbons (Fsp3) is 0.700. The van der Waals surface area contributed by atoms with Gasteiger partial charge in [0.1, 0.15) is 19.8 Å². The van der Waals surface area contributed by atoms with E-state index in [1.165, 1.54) is 21.3 Å². The third-order valence-electron chi connectivity index (χ3n) is 1.47. The molecular formula is C10H16O9. The maximum Gasteiger partial charge on any atom is 0.413 e. The second kappa shape index (κ2) is 10.2. The van der Waals surface area contributed by atoms with Crippen molar-refractivity contribution in [2.45, 2.75) is 6.48 Å². The number of ether oxygens (including phenoxy) is 6. The predicted molar refractivity (Wildman–Crippen MR) is 57.7 cm³/mol. The van der Waals surface area contributed by atoms with Crippen LogP contribution in [-0.4, -0.2) is 65.5 Å². The molecule has 0 bridgehead atoms. The van der Waals surface area contributed by atoms with E-state index >= 15 is 0 Å². The van der Waals surface area contributed by atoms with E-state index in [2.05, 4.69) is 28.4 Å². The molecule has 19 heavy (non-hydrogen) atoms. The third kappa shape index (κ3) is 8.94. The highest BCUT2D eigenvalue weighted by atomic mass is 16.9. The smallest absolute Gasteiger partial charge is 0.389 e. The molecule has 9 nitrogen and oxygen atoms in total. The Bertz CT molecular complexity index is 254. The minimum Gasteiger partial charge on any atom is -0.389 e. The van der Waals surface area contributed by atoms with Crippen molar-refractivity contribution in [1.82, 2.24) is 0 Å². The van der Waals surface area contributed by atoms with Gasteiger partial charge in [0.25, 0.3) is 0 Å². The van der Waals surface area contributed by atoms with Gasteiger partial charge in [-0.1, -0.05) is 0 Å². The van der Waals surface area contributed by atoms with E-state index in [0.717, 1.165) is 0 Å². The Hall–Kier alpha value is -1.71.